The highest BCUT2D eigenvalue weighted by Gasteiger charge is 2.61. The minimum Gasteiger partial charge on any atom is -0.337 e. The van der Waals surface area contributed by atoms with Gasteiger partial charge in [0, 0.05) is 19.0 Å². The van der Waals surface area contributed by atoms with Crippen molar-refractivity contribution in [3.8, 4) is 0 Å². The zero-order chi connectivity index (χ0) is 9.80. The molecule has 0 aromatic heterocycles. The highest BCUT2D eigenvalue weighted by atomic mass is 16.2. The third kappa shape index (κ3) is 1.04. The average molecular weight is 181 g/mol. The van der Waals surface area contributed by atoms with Gasteiger partial charge in [0.2, 0.25) is 5.91 Å². The van der Waals surface area contributed by atoms with Gasteiger partial charge in [0.1, 0.15) is 0 Å². The fourth-order valence-corrected chi connectivity index (χ4v) is 3.00. The summed E-state index contributed by atoms with van der Waals surface area (Å²) in [6.45, 7) is 9.43. The monoisotopic (exact) mass is 181 g/mol. The van der Waals surface area contributed by atoms with E-state index in [1.807, 2.05) is 0 Å². The van der Waals surface area contributed by atoms with E-state index in [4.69, 9.17) is 0 Å². The van der Waals surface area contributed by atoms with Crippen molar-refractivity contribution in [2.45, 2.75) is 39.7 Å². The highest BCUT2D eigenvalue weighted by Crippen LogP contribution is 2.58. The Balaban J connectivity index is 2.26. The van der Waals surface area contributed by atoms with Gasteiger partial charge in [-0.15, -0.1) is 0 Å². The smallest absolute Gasteiger partial charge is 0.219 e. The molecule has 1 amide bonds. The van der Waals surface area contributed by atoms with Crippen LogP contribution in [0.3, 0.4) is 0 Å². The van der Waals surface area contributed by atoms with Gasteiger partial charge in [-0.05, 0) is 31.1 Å². The lowest BCUT2D eigenvalue weighted by atomic mass is 9.83. The Morgan fingerprint density at radius 3 is 2.54 bits per heavy atom. The number of fused-ring (bicyclic) bond motifs is 1. The first-order valence-electron chi connectivity index (χ1n) is 5.26. The van der Waals surface area contributed by atoms with Crippen LogP contribution in [0, 0.1) is 17.8 Å². The van der Waals surface area contributed by atoms with Crippen LogP contribution in [-0.4, -0.2) is 22.9 Å². The minimum absolute atomic E-state index is 0.149. The second kappa shape index (κ2) is 2.49. The van der Waals surface area contributed by atoms with Crippen molar-refractivity contribution in [2.24, 2.45) is 17.8 Å². The maximum absolute atomic E-state index is 11.5. The molecule has 3 atom stereocenters. The standard InChI is InChI=1S/C11H19NO/c1-7(2)11(4)10-5-9(10)6-12(11)8(3)13/h7,9-10H,5-6H2,1-4H3. The maximum atomic E-state index is 11.5. The van der Waals surface area contributed by atoms with E-state index >= 15 is 0 Å². The van der Waals surface area contributed by atoms with Gasteiger partial charge in [0.25, 0.3) is 0 Å². The molecule has 13 heavy (non-hydrogen) atoms. The number of rotatable bonds is 1. The Labute approximate surface area is 80.3 Å². The molecule has 0 spiro atoms. The molecule has 0 radical (unpaired) electrons. The quantitative estimate of drug-likeness (QED) is 0.605. The maximum Gasteiger partial charge on any atom is 0.219 e. The lowest BCUT2D eigenvalue weighted by molar-refractivity contribution is -0.135. The first kappa shape index (κ1) is 9.04. The van der Waals surface area contributed by atoms with Crippen molar-refractivity contribution in [1.82, 2.24) is 4.90 Å². The Morgan fingerprint density at radius 2 is 2.15 bits per heavy atom. The zero-order valence-corrected chi connectivity index (χ0v) is 9.00. The SMILES string of the molecule is CC(=O)N1CC2CC2C1(C)C(C)C. The van der Waals surface area contributed by atoms with E-state index in [-0.39, 0.29) is 11.4 Å². The van der Waals surface area contributed by atoms with Gasteiger partial charge in [-0.1, -0.05) is 13.8 Å². The fourth-order valence-electron chi connectivity index (χ4n) is 3.00. The summed E-state index contributed by atoms with van der Waals surface area (Å²) >= 11 is 0. The number of piperidine rings is 1. The van der Waals surface area contributed by atoms with Crippen LogP contribution in [0.4, 0.5) is 0 Å². The normalized spacial score (nSPS) is 42.4. The summed E-state index contributed by atoms with van der Waals surface area (Å²) in [5, 5.41) is 0. The molecule has 3 unspecified atom stereocenters. The van der Waals surface area contributed by atoms with E-state index in [9.17, 15) is 4.79 Å². The highest BCUT2D eigenvalue weighted by molar-refractivity contribution is 5.75. The van der Waals surface area contributed by atoms with Gasteiger partial charge in [0.15, 0.2) is 0 Å². The molecule has 2 nitrogen and oxygen atoms in total. The number of hydrogen-bond donors (Lipinski definition) is 0. The molecule has 2 fully saturated rings. The molecule has 74 valence electrons. The first-order valence-corrected chi connectivity index (χ1v) is 5.26. The van der Waals surface area contributed by atoms with Crippen LogP contribution in [0.1, 0.15) is 34.1 Å². The largest absolute Gasteiger partial charge is 0.337 e. The summed E-state index contributed by atoms with van der Waals surface area (Å²) in [5.41, 5.74) is 0.149. The lowest BCUT2D eigenvalue weighted by Gasteiger charge is -2.41. The van der Waals surface area contributed by atoms with Crippen LogP contribution in [-0.2, 0) is 4.79 Å². The molecule has 0 aromatic carbocycles. The second-order valence-electron chi connectivity index (χ2n) is 5.11. The van der Waals surface area contributed by atoms with E-state index in [0.717, 1.165) is 18.4 Å². The molecule has 1 aliphatic heterocycles. The number of likely N-dealkylation sites (tertiary alicyclic amines) is 1. The summed E-state index contributed by atoms with van der Waals surface area (Å²) in [5.74, 6) is 2.44. The van der Waals surface area contributed by atoms with Gasteiger partial charge in [-0.25, -0.2) is 0 Å². The Hall–Kier alpha value is -0.530. The predicted molar refractivity (Wildman–Crippen MR) is 52.2 cm³/mol. The Morgan fingerprint density at radius 1 is 1.54 bits per heavy atom. The van der Waals surface area contributed by atoms with Crippen molar-refractivity contribution >= 4 is 5.91 Å². The van der Waals surface area contributed by atoms with Crippen LogP contribution >= 0.6 is 0 Å². The summed E-state index contributed by atoms with van der Waals surface area (Å²) in [7, 11) is 0. The molecule has 1 heterocycles. The summed E-state index contributed by atoms with van der Waals surface area (Å²) in [4.78, 5) is 13.6. The molecule has 2 rings (SSSR count). The third-order valence-corrected chi connectivity index (χ3v) is 4.22. The number of nitrogens with zero attached hydrogens (tertiary/aromatic N) is 1. The molecule has 0 aromatic rings. The molecule has 0 N–H and O–H groups in total. The summed E-state index contributed by atoms with van der Waals surface area (Å²) < 4.78 is 0. The van der Waals surface area contributed by atoms with Crippen LogP contribution in [0.25, 0.3) is 0 Å². The first-order chi connectivity index (χ1) is 5.98. The van der Waals surface area contributed by atoms with Gasteiger partial charge in [0.05, 0.1) is 0 Å². The van der Waals surface area contributed by atoms with Crippen molar-refractivity contribution in [1.29, 1.82) is 0 Å². The molecule has 2 aliphatic rings. The molecule has 0 bridgehead atoms. The van der Waals surface area contributed by atoms with Crippen molar-refractivity contribution < 1.29 is 4.79 Å². The van der Waals surface area contributed by atoms with Gasteiger partial charge >= 0.3 is 0 Å². The van der Waals surface area contributed by atoms with E-state index in [1.165, 1.54) is 6.42 Å². The van der Waals surface area contributed by atoms with Crippen LogP contribution in [0.2, 0.25) is 0 Å². The van der Waals surface area contributed by atoms with E-state index in [1.54, 1.807) is 6.92 Å². The van der Waals surface area contributed by atoms with E-state index in [2.05, 4.69) is 25.7 Å². The topological polar surface area (TPSA) is 20.3 Å². The predicted octanol–water partition coefficient (Wildman–Crippen LogP) is 1.90. The Kier molecular flexibility index (Phi) is 1.73. The summed E-state index contributed by atoms with van der Waals surface area (Å²) in [6, 6.07) is 0. The number of carbonyl (C=O) groups is 1. The molecular weight excluding hydrogens is 162 g/mol. The third-order valence-electron chi connectivity index (χ3n) is 4.22. The molecule has 1 saturated carbocycles. The average Bonchev–Trinajstić information content (AvgIpc) is 2.72. The lowest BCUT2D eigenvalue weighted by Crippen LogP contribution is -2.50. The fraction of sp³-hybridized carbons (Fsp3) is 0.909. The van der Waals surface area contributed by atoms with Crippen LogP contribution in [0.15, 0.2) is 0 Å². The summed E-state index contributed by atoms with van der Waals surface area (Å²) in [6.07, 6.45) is 1.35. The number of hydrogen-bond acceptors (Lipinski definition) is 1. The van der Waals surface area contributed by atoms with Crippen LogP contribution in [0.5, 0.6) is 0 Å². The zero-order valence-electron chi connectivity index (χ0n) is 9.00. The molecular formula is C11H19NO. The van der Waals surface area contributed by atoms with Crippen molar-refractivity contribution in [3.63, 3.8) is 0 Å². The molecule has 2 heteroatoms. The Bertz CT molecular complexity index is 248. The number of amides is 1. The molecule has 1 saturated heterocycles. The van der Waals surface area contributed by atoms with E-state index < -0.39 is 0 Å². The van der Waals surface area contributed by atoms with Crippen molar-refractivity contribution in [3.05, 3.63) is 0 Å². The molecule has 1 aliphatic carbocycles. The van der Waals surface area contributed by atoms with Crippen molar-refractivity contribution in [2.75, 3.05) is 6.54 Å². The van der Waals surface area contributed by atoms with Gasteiger partial charge in [-0.2, -0.15) is 0 Å². The van der Waals surface area contributed by atoms with Gasteiger partial charge < -0.3 is 4.90 Å². The number of carbonyl (C=O) groups excluding carboxylic acids is 1. The minimum atomic E-state index is 0.149. The van der Waals surface area contributed by atoms with E-state index in [0.29, 0.717) is 5.92 Å². The van der Waals surface area contributed by atoms with Gasteiger partial charge in [-0.3, -0.25) is 4.79 Å². The van der Waals surface area contributed by atoms with Crippen LogP contribution < -0.4 is 0 Å². The second-order valence-corrected chi connectivity index (χ2v) is 5.11.